The first-order valence-corrected chi connectivity index (χ1v) is 12.8. The minimum absolute atomic E-state index is 0.317. The van der Waals surface area contributed by atoms with Crippen molar-refractivity contribution in [3.05, 3.63) is 66.4 Å². The van der Waals surface area contributed by atoms with Gasteiger partial charge in [-0.1, -0.05) is 64.1 Å². The van der Waals surface area contributed by atoms with Crippen LogP contribution in [0.2, 0.25) is 0 Å². The normalized spacial score (nSPS) is 12.5. The molecule has 5 heteroatoms. The molecule has 3 aromatic rings. The average molecular weight is 441 g/mol. The highest BCUT2D eigenvalue weighted by molar-refractivity contribution is 7.90. The third-order valence-electron chi connectivity index (χ3n) is 5.80. The summed E-state index contributed by atoms with van der Waals surface area (Å²) in [6.45, 7) is 12.2. The summed E-state index contributed by atoms with van der Waals surface area (Å²) in [5.41, 5.74) is 1.84. The van der Waals surface area contributed by atoms with Crippen molar-refractivity contribution in [3.8, 4) is 0 Å². The van der Waals surface area contributed by atoms with Gasteiger partial charge in [-0.3, -0.25) is 0 Å². The summed E-state index contributed by atoms with van der Waals surface area (Å²) >= 11 is 0. The summed E-state index contributed by atoms with van der Waals surface area (Å²) in [6.07, 6.45) is 5.04. The highest BCUT2D eigenvalue weighted by Gasteiger charge is 2.21. The van der Waals surface area contributed by atoms with Gasteiger partial charge in [-0.25, -0.2) is 12.4 Å². The Kier molecular flexibility index (Phi) is 7.95. The van der Waals surface area contributed by atoms with Crippen LogP contribution in [-0.4, -0.2) is 36.9 Å². The Labute approximate surface area is 187 Å². The Bertz CT molecular complexity index is 1060. The lowest BCUT2D eigenvalue weighted by molar-refractivity contribution is 0.246. The molecule has 168 valence electrons. The molecule has 0 radical (unpaired) electrons. The molecule has 3 rings (SSSR count). The van der Waals surface area contributed by atoms with E-state index in [1.54, 1.807) is 24.3 Å². The minimum atomic E-state index is -3.62. The van der Waals surface area contributed by atoms with Gasteiger partial charge in [0.1, 0.15) is 0 Å². The van der Waals surface area contributed by atoms with Crippen molar-refractivity contribution in [1.29, 1.82) is 0 Å². The Morgan fingerprint density at radius 3 is 2.00 bits per heavy atom. The molecular weight excluding hydrogens is 404 g/mol. The summed E-state index contributed by atoms with van der Waals surface area (Å²) in [6, 6.07) is 16.5. The number of para-hydroxylation sites is 1. The number of nitrogens with zero attached hydrogens (tertiary/aromatic N) is 2. The Balaban J connectivity index is 1.87. The molecule has 31 heavy (non-hydrogen) atoms. The van der Waals surface area contributed by atoms with Crippen molar-refractivity contribution in [2.24, 2.45) is 11.8 Å². The highest BCUT2D eigenvalue weighted by atomic mass is 32.2. The van der Waals surface area contributed by atoms with Gasteiger partial charge in [0.15, 0.2) is 0 Å². The van der Waals surface area contributed by atoms with E-state index in [0.29, 0.717) is 16.7 Å². The molecular formula is C26H36N2O2S. The molecule has 0 aliphatic carbocycles. The van der Waals surface area contributed by atoms with Gasteiger partial charge in [-0.2, -0.15) is 0 Å². The summed E-state index contributed by atoms with van der Waals surface area (Å²) in [5, 5.41) is 1.02. The zero-order valence-electron chi connectivity index (χ0n) is 19.3. The topological polar surface area (TPSA) is 42.3 Å². The molecule has 0 fully saturated rings. The van der Waals surface area contributed by atoms with Crippen LogP contribution in [0.1, 0.15) is 46.1 Å². The standard InChI is InChI=1S/C26H36N2O2S/c1-21(2)14-17-27(18-15-22(3)4)19-16-23-20-28(26-13-9-8-12-25(23)26)31(29,30)24-10-6-5-7-11-24/h5-13,20-22H,14-19H2,1-4H3. The van der Waals surface area contributed by atoms with E-state index in [4.69, 9.17) is 0 Å². The number of aromatic nitrogens is 1. The van der Waals surface area contributed by atoms with E-state index in [9.17, 15) is 8.42 Å². The van der Waals surface area contributed by atoms with Gasteiger partial charge < -0.3 is 4.90 Å². The number of fused-ring (bicyclic) bond motifs is 1. The van der Waals surface area contributed by atoms with Crippen LogP contribution >= 0.6 is 0 Å². The predicted molar refractivity (Wildman–Crippen MR) is 130 cm³/mol. The minimum Gasteiger partial charge on any atom is -0.303 e. The molecule has 4 nitrogen and oxygen atoms in total. The number of rotatable bonds is 11. The lowest BCUT2D eigenvalue weighted by Gasteiger charge is -2.24. The molecule has 0 N–H and O–H groups in total. The molecule has 0 saturated heterocycles. The first-order chi connectivity index (χ1) is 14.8. The molecule has 0 aliphatic heterocycles. The molecule has 1 heterocycles. The Hall–Kier alpha value is -2.11. The maximum absolute atomic E-state index is 13.3. The predicted octanol–water partition coefficient (Wildman–Crippen LogP) is 5.82. The van der Waals surface area contributed by atoms with Gasteiger partial charge in [0, 0.05) is 18.1 Å². The fraction of sp³-hybridized carbons (Fsp3) is 0.462. The van der Waals surface area contributed by atoms with Crippen LogP contribution in [0.15, 0.2) is 65.7 Å². The summed E-state index contributed by atoms with van der Waals surface area (Å²) in [4.78, 5) is 2.86. The van der Waals surface area contributed by atoms with Gasteiger partial charge in [0.05, 0.1) is 10.4 Å². The van der Waals surface area contributed by atoms with Crippen LogP contribution in [-0.2, 0) is 16.4 Å². The molecule has 0 bridgehead atoms. The van der Waals surface area contributed by atoms with Gasteiger partial charge in [0.25, 0.3) is 10.0 Å². The van der Waals surface area contributed by atoms with Crippen LogP contribution in [0.4, 0.5) is 0 Å². The van der Waals surface area contributed by atoms with E-state index in [-0.39, 0.29) is 0 Å². The van der Waals surface area contributed by atoms with E-state index in [2.05, 4.69) is 32.6 Å². The second-order valence-electron chi connectivity index (χ2n) is 9.24. The van der Waals surface area contributed by atoms with Gasteiger partial charge in [0.2, 0.25) is 0 Å². The summed E-state index contributed by atoms with van der Waals surface area (Å²) < 4.78 is 28.1. The molecule has 0 amide bonds. The number of benzene rings is 2. The average Bonchev–Trinajstić information content (AvgIpc) is 3.13. The molecule has 0 spiro atoms. The molecule has 0 aliphatic rings. The zero-order chi connectivity index (χ0) is 22.4. The van der Waals surface area contributed by atoms with Crippen LogP contribution in [0, 0.1) is 11.8 Å². The number of hydrogen-bond acceptors (Lipinski definition) is 3. The van der Waals surface area contributed by atoms with E-state index in [1.165, 1.54) is 16.8 Å². The van der Waals surface area contributed by atoms with Crippen molar-refractivity contribution in [3.63, 3.8) is 0 Å². The number of hydrogen-bond donors (Lipinski definition) is 0. The van der Waals surface area contributed by atoms with Crippen LogP contribution < -0.4 is 0 Å². The van der Waals surface area contributed by atoms with Crippen molar-refractivity contribution in [2.45, 2.75) is 51.9 Å². The highest BCUT2D eigenvalue weighted by Crippen LogP contribution is 2.26. The third-order valence-corrected chi connectivity index (χ3v) is 7.49. The molecule has 0 atom stereocenters. The summed E-state index contributed by atoms with van der Waals surface area (Å²) in [7, 11) is -3.62. The molecule has 0 saturated carbocycles. The molecule has 1 aromatic heterocycles. The van der Waals surface area contributed by atoms with Crippen molar-refractivity contribution < 1.29 is 8.42 Å². The summed E-state index contributed by atoms with van der Waals surface area (Å²) in [5.74, 6) is 1.36. The van der Waals surface area contributed by atoms with Crippen molar-refractivity contribution >= 4 is 20.9 Å². The lowest BCUT2D eigenvalue weighted by atomic mass is 10.1. The first-order valence-electron chi connectivity index (χ1n) is 11.4. The molecule has 2 aromatic carbocycles. The van der Waals surface area contributed by atoms with Crippen LogP contribution in [0.25, 0.3) is 10.9 Å². The van der Waals surface area contributed by atoms with Crippen molar-refractivity contribution in [1.82, 2.24) is 8.87 Å². The quantitative estimate of drug-likeness (QED) is 0.377. The first kappa shape index (κ1) is 23.6. The zero-order valence-corrected chi connectivity index (χ0v) is 20.1. The third kappa shape index (κ3) is 5.98. The fourth-order valence-corrected chi connectivity index (χ4v) is 5.23. The van der Waals surface area contributed by atoms with E-state index in [0.717, 1.165) is 42.5 Å². The van der Waals surface area contributed by atoms with Crippen LogP contribution in [0.3, 0.4) is 0 Å². The van der Waals surface area contributed by atoms with Gasteiger partial charge in [-0.15, -0.1) is 0 Å². The van der Waals surface area contributed by atoms with Crippen molar-refractivity contribution in [2.75, 3.05) is 19.6 Å². The maximum Gasteiger partial charge on any atom is 0.268 e. The van der Waals surface area contributed by atoms with Crippen LogP contribution in [0.5, 0.6) is 0 Å². The monoisotopic (exact) mass is 440 g/mol. The second-order valence-corrected chi connectivity index (χ2v) is 11.1. The SMILES string of the molecule is CC(C)CCN(CCc1cn(S(=O)(=O)c2ccccc2)c2ccccc12)CCC(C)C. The Morgan fingerprint density at radius 2 is 1.39 bits per heavy atom. The smallest absolute Gasteiger partial charge is 0.268 e. The molecule has 0 unspecified atom stereocenters. The largest absolute Gasteiger partial charge is 0.303 e. The van der Waals surface area contributed by atoms with E-state index >= 15 is 0 Å². The maximum atomic E-state index is 13.3. The van der Waals surface area contributed by atoms with E-state index in [1.807, 2.05) is 36.5 Å². The Morgan fingerprint density at radius 1 is 0.806 bits per heavy atom. The van der Waals surface area contributed by atoms with Gasteiger partial charge >= 0.3 is 0 Å². The lowest BCUT2D eigenvalue weighted by Crippen LogP contribution is -2.30. The van der Waals surface area contributed by atoms with E-state index < -0.39 is 10.0 Å². The fourth-order valence-electron chi connectivity index (χ4n) is 3.82. The second kappa shape index (κ2) is 10.5. The van der Waals surface area contributed by atoms with Gasteiger partial charge in [-0.05, 0) is 68.0 Å².